The fourth-order valence-electron chi connectivity index (χ4n) is 4.94. The van der Waals surface area contributed by atoms with Crippen LogP contribution in [-0.2, 0) is 19.1 Å². The smallest absolute Gasteiger partial charge is 0.243 e. The van der Waals surface area contributed by atoms with Crippen molar-refractivity contribution in [2.75, 3.05) is 13.2 Å². The topological polar surface area (TPSA) is 75.7 Å². The van der Waals surface area contributed by atoms with Crippen LogP contribution in [0.5, 0.6) is 0 Å². The zero-order valence-electron chi connectivity index (χ0n) is 18.1. The van der Waals surface area contributed by atoms with Crippen molar-refractivity contribution in [2.45, 2.75) is 77.9 Å². The lowest BCUT2D eigenvalue weighted by molar-refractivity contribution is -0.148. The van der Waals surface area contributed by atoms with Gasteiger partial charge in [-0.25, -0.2) is 0 Å². The molecule has 1 saturated heterocycles. The van der Waals surface area contributed by atoms with Gasteiger partial charge in [0.1, 0.15) is 6.04 Å². The molecule has 1 saturated carbocycles. The fourth-order valence-corrected chi connectivity index (χ4v) is 4.94. The van der Waals surface area contributed by atoms with Gasteiger partial charge in [0.25, 0.3) is 0 Å². The van der Waals surface area contributed by atoms with Crippen LogP contribution >= 0.6 is 0 Å². The number of allylic oxidation sites excluding steroid dienone is 2. The average Bonchev–Trinajstić information content (AvgIpc) is 2.95. The molecule has 5 unspecified atom stereocenters. The molecule has 0 bridgehead atoms. The van der Waals surface area contributed by atoms with E-state index >= 15 is 0 Å². The standard InChI is InChI=1S/C23H36N2O4/c1-15(2)14-19(25-22(27)17-9-5-6-10-18(17)23(25)28)21(26)24-12-13-29-20-11-7-4-8-16(20)3/h5-6,15-20H,4,7-14H2,1-3H3,(H,24,26). The Morgan fingerprint density at radius 1 is 1.14 bits per heavy atom. The van der Waals surface area contributed by atoms with Gasteiger partial charge in [-0.05, 0) is 43.9 Å². The van der Waals surface area contributed by atoms with Gasteiger partial charge in [0, 0.05) is 6.54 Å². The second kappa shape index (κ2) is 9.88. The first-order chi connectivity index (χ1) is 13.9. The summed E-state index contributed by atoms with van der Waals surface area (Å²) in [5.41, 5.74) is 0. The molecule has 0 aromatic carbocycles. The van der Waals surface area contributed by atoms with E-state index in [2.05, 4.69) is 12.2 Å². The van der Waals surface area contributed by atoms with E-state index in [0.717, 1.165) is 6.42 Å². The van der Waals surface area contributed by atoms with Gasteiger partial charge in [0.2, 0.25) is 17.7 Å². The van der Waals surface area contributed by atoms with Crippen LogP contribution in [0.25, 0.3) is 0 Å². The molecule has 6 nitrogen and oxygen atoms in total. The largest absolute Gasteiger partial charge is 0.376 e. The zero-order valence-corrected chi connectivity index (χ0v) is 18.1. The fraction of sp³-hybridized carbons (Fsp3) is 0.783. The Hall–Kier alpha value is -1.69. The lowest BCUT2D eigenvalue weighted by atomic mass is 9.85. The summed E-state index contributed by atoms with van der Waals surface area (Å²) in [7, 11) is 0. The summed E-state index contributed by atoms with van der Waals surface area (Å²) < 4.78 is 5.98. The first-order valence-electron chi connectivity index (χ1n) is 11.3. The Morgan fingerprint density at radius 2 is 1.76 bits per heavy atom. The second-order valence-electron chi connectivity index (χ2n) is 9.31. The molecule has 2 aliphatic carbocycles. The number of hydrogen-bond acceptors (Lipinski definition) is 4. The van der Waals surface area contributed by atoms with Crippen molar-refractivity contribution in [3.05, 3.63) is 12.2 Å². The molecule has 3 aliphatic rings. The van der Waals surface area contributed by atoms with Crippen molar-refractivity contribution in [1.82, 2.24) is 10.2 Å². The molecule has 3 rings (SSSR count). The van der Waals surface area contributed by atoms with Gasteiger partial charge < -0.3 is 10.1 Å². The minimum absolute atomic E-state index is 0.183. The van der Waals surface area contributed by atoms with E-state index in [9.17, 15) is 14.4 Å². The summed E-state index contributed by atoms with van der Waals surface area (Å²) in [6.07, 6.45) is 10.6. The summed E-state index contributed by atoms with van der Waals surface area (Å²) in [5, 5.41) is 2.92. The van der Waals surface area contributed by atoms with E-state index in [1.54, 1.807) is 0 Å². The number of rotatable bonds is 8. The molecule has 0 aromatic heterocycles. The normalized spacial score (nSPS) is 30.6. The molecule has 162 valence electrons. The third-order valence-corrected chi connectivity index (χ3v) is 6.62. The molecule has 29 heavy (non-hydrogen) atoms. The van der Waals surface area contributed by atoms with Gasteiger partial charge >= 0.3 is 0 Å². The molecule has 6 heteroatoms. The maximum absolute atomic E-state index is 12.9. The third kappa shape index (κ3) is 5.08. The van der Waals surface area contributed by atoms with E-state index in [1.807, 2.05) is 26.0 Å². The Morgan fingerprint density at radius 3 is 2.34 bits per heavy atom. The maximum Gasteiger partial charge on any atom is 0.243 e. The van der Waals surface area contributed by atoms with Crippen LogP contribution in [0.1, 0.15) is 65.7 Å². The molecule has 1 heterocycles. The van der Waals surface area contributed by atoms with Gasteiger partial charge in [-0.15, -0.1) is 0 Å². The minimum atomic E-state index is -0.728. The average molecular weight is 405 g/mol. The summed E-state index contributed by atoms with van der Waals surface area (Å²) in [6.45, 7) is 7.11. The highest BCUT2D eigenvalue weighted by Gasteiger charge is 2.51. The predicted octanol–water partition coefficient (Wildman–Crippen LogP) is 3.06. The van der Waals surface area contributed by atoms with Crippen LogP contribution in [0, 0.1) is 23.7 Å². The van der Waals surface area contributed by atoms with Crippen molar-refractivity contribution >= 4 is 17.7 Å². The zero-order chi connectivity index (χ0) is 21.0. The number of amides is 3. The van der Waals surface area contributed by atoms with E-state index in [1.165, 1.54) is 24.2 Å². The number of carbonyl (C=O) groups excluding carboxylic acids is 3. The molecule has 1 aliphatic heterocycles. The first-order valence-corrected chi connectivity index (χ1v) is 11.3. The number of nitrogens with one attached hydrogen (secondary N) is 1. The third-order valence-electron chi connectivity index (χ3n) is 6.62. The van der Waals surface area contributed by atoms with Crippen LogP contribution in [-0.4, -0.2) is 47.9 Å². The molecule has 2 fully saturated rings. The van der Waals surface area contributed by atoms with Gasteiger partial charge in [0.15, 0.2) is 0 Å². The van der Waals surface area contributed by atoms with Crippen LogP contribution in [0.15, 0.2) is 12.2 Å². The van der Waals surface area contributed by atoms with Crippen molar-refractivity contribution < 1.29 is 19.1 Å². The quantitative estimate of drug-likeness (QED) is 0.383. The lowest BCUT2D eigenvalue weighted by Crippen LogP contribution is -2.51. The summed E-state index contributed by atoms with van der Waals surface area (Å²) in [6, 6.07) is -0.728. The molecule has 0 aromatic rings. The number of likely N-dealkylation sites (tertiary alicyclic amines) is 1. The monoisotopic (exact) mass is 404 g/mol. The highest BCUT2D eigenvalue weighted by molar-refractivity contribution is 6.08. The summed E-state index contributed by atoms with van der Waals surface area (Å²) >= 11 is 0. The van der Waals surface area contributed by atoms with Gasteiger partial charge in [0.05, 0.1) is 24.5 Å². The van der Waals surface area contributed by atoms with Crippen molar-refractivity contribution in [1.29, 1.82) is 0 Å². The van der Waals surface area contributed by atoms with Crippen molar-refractivity contribution in [2.24, 2.45) is 23.7 Å². The number of fused-ring (bicyclic) bond motifs is 1. The molecule has 1 N–H and O–H groups in total. The number of hydrogen-bond donors (Lipinski definition) is 1. The van der Waals surface area contributed by atoms with Crippen LogP contribution in [0.2, 0.25) is 0 Å². The van der Waals surface area contributed by atoms with E-state index in [0.29, 0.717) is 38.3 Å². The van der Waals surface area contributed by atoms with Crippen molar-refractivity contribution in [3.63, 3.8) is 0 Å². The maximum atomic E-state index is 12.9. The number of carbonyl (C=O) groups is 3. The van der Waals surface area contributed by atoms with E-state index < -0.39 is 6.04 Å². The summed E-state index contributed by atoms with van der Waals surface area (Å²) in [4.78, 5) is 40.0. The molecule has 5 atom stereocenters. The Balaban J connectivity index is 1.57. The highest BCUT2D eigenvalue weighted by Crippen LogP contribution is 2.37. The van der Waals surface area contributed by atoms with E-state index in [-0.39, 0.29) is 41.6 Å². The van der Waals surface area contributed by atoms with Crippen LogP contribution in [0.4, 0.5) is 0 Å². The first kappa shape index (κ1) is 22.0. The van der Waals surface area contributed by atoms with Crippen LogP contribution < -0.4 is 5.32 Å². The van der Waals surface area contributed by atoms with Gasteiger partial charge in [-0.3, -0.25) is 19.3 Å². The molecular formula is C23H36N2O4. The SMILES string of the molecule is CC(C)CC(C(=O)NCCOC1CCCCC1C)N1C(=O)C2CC=CCC2C1=O. The molecule has 0 spiro atoms. The minimum Gasteiger partial charge on any atom is -0.376 e. The Bertz CT molecular complexity index is 619. The van der Waals surface area contributed by atoms with Crippen molar-refractivity contribution in [3.8, 4) is 0 Å². The van der Waals surface area contributed by atoms with E-state index in [4.69, 9.17) is 4.74 Å². The van der Waals surface area contributed by atoms with Crippen LogP contribution in [0.3, 0.4) is 0 Å². The predicted molar refractivity (Wildman–Crippen MR) is 111 cm³/mol. The lowest BCUT2D eigenvalue weighted by Gasteiger charge is -2.29. The summed E-state index contributed by atoms with van der Waals surface area (Å²) in [5.74, 6) is -0.448. The number of imide groups is 1. The number of nitrogens with zero attached hydrogens (tertiary/aromatic N) is 1. The number of ether oxygens (including phenoxy) is 1. The Kier molecular flexibility index (Phi) is 7.49. The molecule has 3 amide bonds. The van der Waals surface area contributed by atoms with Gasteiger partial charge in [-0.1, -0.05) is 45.8 Å². The molecule has 0 radical (unpaired) electrons. The second-order valence-corrected chi connectivity index (χ2v) is 9.31. The highest BCUT2D eigenvalue weighted by atomic mass is 16.5. The van der Waals surface area contributed by atoms with Gasteiger partial charge in [-0.2, -0.15) is 0 Å². The molecular weight excluding hydrogens is 368 g/mol. The Labute approximate surface area is 174 Å².